The van der Waals surface area contributed by atoms with Crippen molar-refractivity contribution < 1.29 is 9.13 Å². The molecule has 2 aromatic carbocycles. The number of benzene rings is 2. The fourth-order valence-electron chi connectivity index (χ4n) is 6.64. The minimum Gasteiger partial charge on any atom is -0.378 e. The monoisotopic (exact) mass is 602 g/mol. The number of rotatable bonds is 6. The molecule has 2 bridgehead atoms. The van der Waals surface area contributed by atoms with Gasteiger partial charge < -0.3 is 14.6 Å². The second kappa shape index (κ2) is 12.0. The quantitative estimate of drug-likeness (QED) is 0.296. The Bertz CT molecular complexity index is 1880. The van der Waals surface area contributed by atoms with Crippen LogP contribution in [0.15, 0.2) is 82.8 Å². The molecule has 6 heterocycles. The standard InChI is InChI=1S/C35H35FN8O/c36-28-15-24(16-29(18-28)44-9-11-45-12-10-44)30-5-4-6-31-34(30)40-35(39-31)33-25-14-27(21-38-32(17-25)41-42-33)26-13-23(19-37-20-26)22-43-7-2-1-3-8-43/h4-6,13-16,18-21H,1-3,7-12,17,22H2,(H,38,41)(H,39,40). The van der Waals surface area contributed by atoms with E-state index in [2.05, 4.69) is 37.3 Å². The molecule has 0 amide bonds. The number of aliphatic imine (C=N–C) groups is 1. The van der Waals surface area contributed by atoms with Crippen LogP contribution in [0.1, 0.15) is 42.6 Å². The van der Waals surface area contributed by atoms with Crippen LogP contribution in [0.25, 0.3) is 27.7 Å². The summed E-state index contributed by atoms with van der Waals surface area (Å²) in [6.07, 6.45) is 12.4. The Balaban J connectivity index is 1.11. The number of fused-ring (bicyclic) bond motifs is 3. The Labute approximate surface area is 261 Å². The molecule has 2 N–H and O–H groups in total. The number of aromatic nitrogens is 3. The third-order valence-electron chi connectivity index (χ3n) is 8.94. The number of halogens is 1. The van der Waals surface area contributed by atoms with E-state index in [4.69, 9.17) is 19.8 Å². The van der Waals surface area contributed by atoms with Crippen molar-refractivity contribution in [1.29, 1.82) is 0 Å². The summed E-state index contributed by atoms with van der Waals surface area (Å²) >= 11 is 0. The average Bonchev–Trinajstić information content (AvgIpc) is 3.44. The van der Waals surface area contributed by atoms with Gasteiger partial charge >= 0.3 is 0 Å². The molecule has 0 spiro atoms. The molecule has 4 aliphatic rings. The van der Waals surface area contributed by atoms with Crippen molar-refractivity contribution in [2.75, 3.05) is 44.3 Å². The molecule has 2 fully saturated rings. The fraction of sp³-hybridized carbons (Fsp3) is 0.314. The van der Waals surface area contributed by atoms with Crippen LogP contribution in [0.3, 0.4) is 0 Å². The largest absolute Gasteiger partial charge is 0.378 e. The van der Waals surface area contributed by atoms with Crippen LogP contribution in [0.4, 0.5) is 10.1 Å². The van der Waals surface area contributed by atoms with E-state index in [1.807, 2.05) is 42.9 Å². The number of anilines is 1. The normalized spacial score (nSPS) is 18.9. The molecule has 4 aromatic rings. The van der Waals surface area contributed by atoms with Crippen molar-refractivity contribution in [3.05, 3.63) is 95.5 Å². The molecule has 10 heteroatoms. The lowest BCUT2D eigenvalue weighted by Crippen LogP contribution is -2.36. The maximum absolute atomic E-state index is 14.9. The lowest BCUT2D eigenvalue weighted by molar-refractivity contribution is 0.122. The Morgan fingerprint density at radius 2 is 1.82 bits per heavy atom. The fourth-order valence-corrected chi connectivity index (χ4v) is 6.64. The van der Waals surface area contributed by atoms with Gasteiger partial charge in [-0.2, -0.15) is 5.10 Å². The molecule has 0 radical (unpaired) electrons. The number of piperidine rings is 1. The lowest BCUT2D eigenvalue weighted by atomic mass is 9.99. The van der Waals surface area contributed by atoms with Crippen molar-refractivity contribution in [3.63, 3.8) is 0 Å². The Morgan fingerprint density at radius 1 is 0.933 bits per heavy atom. The molecule has 2 aromatic heterocycles. The molecule has 228 valence electrons. The Morgan fingerprint density at radius 3 is 2.71 bits per heavy atom. The number of nitrogens with one attached hydrogen (secondary N) is 2. The summed E-state index contributed by atoms with van der Waals surface area (Å²) in [6, 6.07) is 13.4. The van der Waals surface area contributed by atoms with Crippen molar-refractivity contribution in [2.24, 2.45) is 10.1 Å². The molecule has 2 saturated heterocycles. The maximum atomic E-state index is 14.9. The number of hydrazone groups is 1. The van der Waals surface area contributed by atoms with Gasteiger partial charge in [0, 0.05) is 67.0 Å². The number of imidazole rings is 1. The second-order valence-corrected chi connectivity index (χ2v) is 12.1. The van der Waals surface area contributed by atoms with E-state index in [1.165, 1.54) is 24.8 Å². The number of para-hydroxylation sites is 1. The summed E-state index contributed by atoms with van der Waals surface area (Å²) < 4.78 is 20.4. The second-order valence-electron chi connectivity index (χ2n) is 12.1. The molecule has 0 atom stereocenters. The van der Waals surface area contributed by atoms with E-state index in [1.54, 1.807) is 12.1 Å². The number of likely N-dealkylation sites (tertiary alicyclic amines) is 1. The molecule has 4 aliphatic heterocycles. The lowest BCUT2D eigenvalue weighted by Gasteiger charge is -2.29. The van der Waals surface area contributed by atoms with Gasteiger partial charge in [0.05, 0.1) is 24.2 Å². The van der Waals surface area contributed by atoms with Crippen LogP contribution < -0.4 is 10.3 Å². The zero-order chi connectivity index (χ0) is 30.2. The van der Waals surface area contributed by atoms with E-state index in [0.29, 0.717) is 25.5 Å². The molecule has 0 saturated carbocycles. The number of ether oxygens (including phenoxy) is 1. The molecule has 0 aliphatic carbocycles. The zero-order valence-corrected chi connectivity index (χ0v) is 25.1. The van der Waals surface area contributed by atoms with Gasteiger partial charge in [-0.15, -0.1) is 0 Å². The number of allylic oxidation sites excluding steroid dienone is 2. The number of morpholine rings is 1. The number of hydrogen-bond acceptors (Lipinski definition) is 8. The van der Waals surface area contributed by atoms with Gasteiger partial charge in [-0.1, -0.05) is 18.6 Å². The summed E-state index contributed by atoms with van der Waals surface area (Å²) in [5.74, 6) is 1.16. The third-order valence-corrected chi connectivity index (χ3v) is 8.94. The number of aromatic amines is 1. The number of hydrogen-bond donors (Lipinski definition) is 2. The minimum absolute atomic E-state index is 0.271. The summed E-state index contributed by atoms with van der Waals surface area (Å²) in [5, 5.41) is 4.69. The van der Waals surface area contributed by atoms with Gasteiger partial charge in [0.15, 0.2) is 5.82 Å². The van der Waals surface area contributed by atoms with E-state index >= 15 is 0 Å². The first-order valence-electron chi connectivity index (χ1n) is 15.8. The van der Waals surface area contributed by atoms with Crippen molar-refractivity contribution in [3.8, 4) is 11.1 Å². The summed E-state index contributed by atoms with van der Waals surface area (Å²) in [6.45, 7) is 5.95. The van der Waals surface area contributed by atoms with Crippen molar-refractivity contribution in [1.82, 2.24) is 25.3 Å². The van der Waals surface area contributed by atoms with Crippen molar-refractivity contribution >= 4 is 33.8 Å². The predicted molar refractivity (Wildman–Crippen MR) is 176 cm³/mol. The van der Waals surface area contributed by atoms with Crippen LogP contribution in [0.5, 0.6) is 0 Å². The van der Waals surface area contributed by atoms with E-state index in [9.17, 15) is 4.39 Å². The highest BCUT2D eigenvalue weighted by atomic mass is 19.1. The summed E-state index contributed by atoms with van der Waals surface area (Å²) in [4.78, 5) is 22.5. The van der Waals surface area contributed by atoms with Gasteiger partial charge in [0.2, 0.25) is 0 Å². The average molecular weight is 603 g/mol. The molecule has 0 unspecified atom stereocenters. The van der Waals surface area contributed by atoms with Gasteiger partial charge in [-0.3, -0.25) is 15.3 Å². The number of H-pyrrole nitrogens is 1. The molecule has 9 nitrogen and oxygen atoms in total. The smallest absolute Gasteiger partial charge is 0.159 e. The first-order valence-corrected chi connectivity index (χ1v) is 15.8. The predicted octanol–water partition coefficient (Wildman–Crippen LogP) is 5.66. The molecule has 8 rings (SSSR count). The molecular weight excluding hydrogens is 567 g/mol. The van der Waals surface area contributed by atoms with Crippen LogP contribution in [-0.4, -0.2) is 70.8 Å². The van der Waals surface area contributed by atoms with Crippen LogP contribution >= 0.6 is 0 Å². The van der Waals surface area contributed by atoms with Gasteiger partial charge in [0.1, 0.15) is 17.4 Å². The summed E-state index contributed by atoms with van der Waals surface area (Å²) in [7, 11) is 0. The SMILES string of the molecule is Fc1cc(-c2cccc3[nH]c(C4=NNC5=NC=C(c6cncc(CN7CCCCC7)c6)C=C4C5)nc23)cc(N2CCOCC2)c1. The highest BCUT2D eigenvalue weighted by Crippen LogP contribution is 2.33. The van der Waals surface area contributed by atoms with Crippen LogP contribution in [0.2, 0.25) is 0 Å². The minimum atomic E-state index is -0.271. The first kappa shape index (κ1) is 27.8. The van der Waals surface area contributed by atoms with Gasteiger partial charge in [0.25, 0.3) is 0 Å². The first-order chi connectivity index (χ1) is 22.2. The molecule has 45 heavy (non-hydrogen) atoms. The maximum Gasteiger partial charge on any atom is 0.159 e. The summed E-state index contributed by atoms with van der Waals surface area (Å²) in [5.41, 5.74) is 12.2. The van der Waals surface area contributed by atoms with Gasteiger partial charge in [-0.25, -0.2) is 14.4 Å². The van der Waals surface area contributed by atoms with Crippen LogP contribution in [-0.2, 0) is 11.3 Å². The van der Waals surface area contributed by atoms with Gasteiger partial charge in [-0.05, 0) is 79.0 Å². The van der Waals surface area contributed by atoms with Crippen LogP contribution in [0, 0.1) is 5.82 Å². The highest BCUT2D eigenvalue weighted by Gasteiger charge is 2.24. The van der Waals surface area contributed by atoms with Crippen molar-refractivity contribution in [2.45, 2.75) is 32.2 Å². The number of nitrogens with zero attached hydrogens (tertiary/aromatic N) is 6. The number of amidine groups is 1. The highest BCUT2D eigenvalue weighted by molar-refractivity contribution is 6.18. The third kappa shape index (κ3) is 5.79. The topological polar surface area (TPSA) is 94.0 Å². The van der Waals surface area contributed by atoms with E-state index in [-0.39, 0.29) is 5.82 Å². The van der Waals surface area contributed by atoms with E-state index < -0.39 is 0 Å². The zero-order valence-electron chi connectivity index (χ0n) is 25.1. The molecular formula is C35H35FN8O. The Hall–Kier alpha value is -4.67. The Kier molecular flexibility index (Phi) is 7.44. The van der Waals surface area contributed by atoms with E-state index in [0.717, 1.165) is 88.8 Å². The number of pyridine rings is 1.